The first-order valence-corrected chi connectivity index (χ1v) is 6.60. The SMILES string of the molecule is COc1ccc(-c2c(N)noc2C(C)C2CC2)cc1. The van der Waals surface area contributed by atoms with Gasteiger partial charge in [-0.05, 0) is 36.5 Å². The van der Waals surface area contributed by atoms with Gasteiger partial charge in [0.25, 0.3) is 0 Å². The van der Waals surface area contributed by atoms with Gasteiger partial charge in [0.1, 0.15) is 11.5 Å². The van der Waals surface area contributed by atoms with E-state index in [0.717, 1.165) is 22.6 Å². The van der Waals surface area contributed by atoms with E-state index in [1.807, 2.05) is 24.3 Å². The molecule has 100 valence electrons. The molecule has 1 heterocycles. The number of benzene rings is 1. The van der Waals surface area contributed by atoms with Crippen molar-refractivity contribution in [3.8, 4) is 16.9 Å². The van der Waals surface area contributed by atoms with E-state index < -0.39 is 0 Å². The van der Waals surface area contributed by atoms with Crippen LogP contribution in [0.5, 0.6) is 5.75 Å². The molecule has 1 unspecified atom stereocenters. The van der Waals surface area contributed by atoms with Crippen LogP contribution < -0.4 is 10.5 Å². The summed E-state index contributed by atoms with van der Waals surface area (Å²) >= 11 is 0. The number of nitrogens with zero attached hydrogens (tertiary/aromatic N) is 1. The molecule has 0 bridgehead atoms. The van der Waals surface area contributed by atoms with Crippen molar-refractivity contribution in [3.63, 3.8) is 0 Å². The van der Waals surface area contributed by atoms with Crippen LogP contribution >= 0.6 is 0 Å². The number of methoxy groups -OCH3 is 1. The summed E-state index contributed by atoms with van der Waals surface area (Å²) in [6.45, 7) is 2.19. The summed E-state index contributed by atoms with van der Waals surface area (Å²) in [4.78, 5) is 0. The van der Waals surface area contributed by atoms with Gasteiger partial charge in [-0.1, -0.05) is 24.2 Å². The van der Waals surface area contributed by atoms with Crippen molar-refractivity contribution in [2.45, 2.75) is 25.7 Å². The number of hydrogen-bond acceptors (Lipinski definition) is 4. The Hall–Kier alpha value is -1.97. The van der Waals surface area contributed by atoms with Crippen LogP contribution in [0.25, 0.3) is 11.1 Å². The predicted octanol–water partition coefficient (Wildman–Crippen LogP) is 3.45. The van der Waals surface area contributed by atoms with Gasteiger partial charge < -0.3 is 15.0 Å². The van der Waals surface area contributed by atoms with Gasteiger partial charge in [0.05, 0.1) is 12.7 Å². The Morgan fingerprint density at radius 2 is 2.00 bits per heavy atom. The lowest BCUT2D eigenvalue weighted by Crippen LogP contribution is -1.97. The number of ether oxygens (including phenoxy) is 1. The Kier molecular flexibility index (Phi) is 2.93. The molecule has 1 aliphatic rings. The number of anilines is 1. The lowest BCUT2D eigenvalue weighted by atomic mass is 9.95. The summed E-state index contributed by atoms with van der Waals surface area (Å²) < 4.78 is 10.6. The lowest BCUT2D eigenvalue weighted by molar-refractivity contribution is 0.358. The first kappa shape index (κ1) is 12.1. The Balaban J connectivity index is 2.00. The number of aromatic nitrogens is 1. The fourth-order valence-corrected chi connectivity index (χ4v) is 2.48. The monoisotopic (exact) mass is 258 g/mol. The number of nitrogens with two attached hydrogens (primary N) is 1. The molecule has 1 saturated carbocycles. The van der Waals surface area contributed by atoms with Gasteiger partial charge in [-0.15, -0.1) is 0 Å². The van der Waals surface area contributed by atoms with Crippen molar-refractivity contribution in [2.75, 3.05) is 12.8 Å². The summed E-state index contributed by atoms with van der Waals surface area (Å²) in [6, 6.07) is 7.83. The fourth-order valence-electron chi connectivity index (χ4n) is 2.48. The average molecular weight is 258 g/mol. The molecular weight excluding hydrogens is 240 g/mol. The molecule has 1 fully saturated rings. The second kappa shape index (κ2) is 4.61. The molecule has 1 aliphatic carbocycles. The number of hydrogen-bond donors (Lipinski definition) is 1. The van der Waals surface area contributed by atoms with Gasteiger partial charge in [0, 0.05) is 5.92 Å². The maximum Gasteiger partial charge on any atom is 0.175 e. The van der Waals surface area contributed by atoms with Crippen LogP contribution in [-0.2, 0) is 0 Å². The summed E-state index contributed by atoms with van der Waals surface area (Å²) in [5.74, 6) is 3.29. The molecule has 4 heteroatoms. The van der Waals surface area contributed by atoms with Gasteiger partial charge in [-0.2, -0.15) is 0 Å². The zero-order valence-corrected chi connectivity index (χ0v) is 11.2. The van der Waals surface area contributed by atoms with E-state index in [4.69, 9.17) is 15.0 Å². The molecule has 2 aromatic rings. The van der Waals surface area contributed by atoms with E-state index in [9.17, 15) is 0 Å². The normalized spacial score (nSPS) is 16.3. The minimum absolute atomic E-state index is 0.377. The Morgan fingerprint density at radius 3 is 2.58 bits per heavy atom. The van der Waals surface area contributed by atoms with Crippen molar-refractivity contribution in [1.29, 1.82) is 0 Å². The van der Waals surface area contributed by atoms with E-state index in [2.05, 4.69) is 12.1 Å². The highest BCUT2D eigenvalue weighted by atomic mass is 16.5. The number of rotatable bonds is 4. The summed E-state index contributed by atoms with van der Waals surface area (Å²) in [6.07, 6.45) is 2.54. The third-order valence-electron chi connectivity index (χ3n) is 3.87. The molecule has 0 radical (unpaired) electrons. The van der Waals surface area contributed by atoms with Crippen molar-refractivity contribution in [1.82, 2.24) is 5.16 Å². The molecule has 4 nitrogen and oxygen atoms in total. The molecule has 2 N–H and O–H groups in total. The minimum atomic E-state index is 0.377. The van der Waals surface area contributed by atoms with E-state index >= 15 is 0 Å². The molecule has 0 aliphatic heterocycles. The Bertz CT molecular complexity index is 570. The zero-order valence-electron chi connectivity index (χ0n) is 11.2. The molecule has 0 amide bonds. The molecule has 3 rings (SSSR count). The predicted molar refractivity (Wildman–Crippen MR) is 74.0 cm³/mol. The molecule has 0 spiro atoms. The highest BCUT2D eigenvalue weighted by Crippen LogP contribution is 2.46. The highest BCUT2D eigenvalue weighted by molar-refractivity contribution is 5.76. The standard InChI is InChI=1S/C15H18N2O2/c1-9(10-3-4-10)14-13(15(16)17-19-14)11-5-7-12(18-2)8-6-11/h5-10H,3-4H2,1-2H3,(H2,16,17). The van der Waals surface area contributed by atoms with Crippen LogP contribution in [0.15, 0.2) is 28.8 Å². The van der Waals surface area contributed by atoms with Crippen LogP contribution in [0, 0.1) is 5.92 Å². The first-order valence-electron chi connectivity index (χ1n) is 6.60. The van der Waals surface area contributed by atoms with Crippen molar-refractivity contribution in [3.05, 3.63) is 30.0 Å². The fraction of sp³-hybridized carbons (Fsp3) is 0.400. The van der Waals surface area contributed by atoms with E-state index in [1.165, 1.54) is 12.8 Å². The highest BCUT2D eigenvalue weighted by Gasteiger charge is 2.34. The van der Waals surface area contributed by atoms with Crippen LogP contribution in [0.4, 0.5) is 5.82 Å². The van der Waals surface area contributed by atoms with Crippen molar-refractivity contribution in [2.24, 2.45) is 5.92 Å². The largest absolute Gasteiger partial charge is 0.497 e. The van der Waals surface area contributed by atoms with Gasteiger partial charge in [-0.3, -0.25) is 0 Å². The van der Waals surface area contributed by atoms with Gasteiger partial charge >= 0.3 is 0 Å². The first-order chi connectivity index (χ1) is 9.20. The topological polar surface area (TPSA) is 61.3 Å². The molecule has 0 saturated heterocycles. The smallest absolute Gasteiger partial charge is 0.175 e. The maximum absolute atomic E-state index is 5.97. The molecule has 19 heavy (non-hydrogen) atoms. The van der Waals surface area contributed by atoms with Gasteiger partial charge in [0.15, 0.2) is 5.82 Å². The zero-order chi connectivity index (χ0) is 13.4. The summed E-state index contributed by atoms with van der Waals surface area (Å²) in [5.41, 5.74) is 7.93. The van der Waals surface area contributed by atoms with E-state index in [1.54, 1.807) is 7.11 Å². The van der Waals surface area contributed by atoms with Gasteiger partial charge in [-0.25, -0.2) is 0 Å². The lowest BCUT2D eigenvalue weighted by Gasteiger charge is -2.09. The molecule has 1 atom stereocenters. The van der Waals surface area contributed by atoms with Crippen LogP contribution in [-0.4, -0.2) is 12.3 Å². The number of nitrogen functional groups attached to an aromatic ring is 1. The minimum Gasteiger partial charge on any atom is -0.497 e. The van der Waals surface area contributed by atoms with Crippen LogP contribution in [0.2, 0.25) is 0 Å². The Morgan fingerprint density at radius 1 is 1.32 bits per heavy atom. The van der Waals surface area contributed by atoms with Gasteiger partial charge in [0.2, 0.25) is 0 Å². The maximum atomic E-state index is 5.97. The van der Waals surface area contributed by atoms with Crippen molar-refractivity contribution < 1.29 is 9.26 Å². The molecule has 1 aromatic heterocycles. The third kappa shape index (κ3) is 2.18. The van der Waals surface area contributed by atoms with E-state index in [-0.39, 0.29) is 0 Å². The Labute approximate surface area is 112 Å². The average Bonchev–Trinajstić information content (AvgIpc) is 3.21. The van der Waals surface area contributed by atoms with Crippen LogP contribution in [0.1, 0.15) is 31.4 Å². The molecule has 1 aromatic carbocycles. The third-order valence-corrected chi connectivity index (χ3v) is 3.87. The quantitative estimate of drug-likeness (QED) is 0.912. The van der Waals surface area contributed by atoms with Crippen molar-refractivity contribution >= 4 is 5.82 Å². The van der Waals surface area contributed by atoms with E-state index in [0.29, 0.717) is 17.7 Å². The summed E-state index contributed by atoms with van der Waals surface area (Å²) in [5, 5.41) is 3.94. The van der Waals surface area contributed by atoms with Crippen LogP contribution in [0.3, 0.4) is 0 Å². The summed E-state index contributed by atoms with van der Waals surface area (Å²) in [7, 11) is 1.66. The second-order valence-corrected chi connectivity index (χ2v) is 5.16. The second-order valence-electron chi connectivity index (χ2n) is 5.16. The molecular formula is C15H18N2O2.